The summed E-state index contributed by atoms with van der Waals surface area (Å²) in [5.74, 6) is 2.05. The Bertz CT molecular complexity index is 497. The highest BCUT2D eigenvalue weighted by Crippen LogP contribution is 2.39. The molecule has 4 fully saturated rings. The molecule has 25 heavy (non-hydrogen) atoms. The molecule has 0 aromatic carbocycles. The van der Waals surface area contributed by atoms with E-state index in [-0.39, 0.29) is 18.0 Å². The highest BCUT2D eigenvalue weighted by Gasteiger charge is 2.46. The van der Waals surface area contributed by atoms with Gasteiger partial charge in [-0.2, -0.15) is 0 Å². The number of hydrogen-bond donors (Lipinski definition) is 3. The van der Waals surface area contributed by atoms with Crippen molar-refractivity contribution in [3.63, 3.8) is 0 Å². The predicted octanol–water partition coefficient (Wildman–Crippen LogP) is 2.38. The number of carbonyl (C=O) groups is 1. The van der Waals surface area contributed by atoms with E-state index in [4.69, 9.17) is 0 Å². The van der Waals surface area contributed by atoms with Crippen molar-refractivity contribution in [1.82, 2.24) is 16.0 Å². The van der Waals surface area contributed by atoms with Crippen LogP contribution in [0, 0.1) is 23.7 Å². The van der Waals surface area contributed by atoms with Crippen LogP contribution in [0.3, 0.4) is 0 Å². The van der Waals surface area contributed by atoms with Crippen molar-refractivity contribution >= 4 is 5.91 Å². The minimum Gasteiger partial charge on any atom is -0.350 e. The number of amides is 1. The van der Waals surface area contributed by atoms with E-state index < -0.39 is 6.17 Å². The van der Waals surface area contributed by atoms with Crippen LogP contribution in [-0.2, 0) is 4.79 Å². The van der Waals surface area contributed by atoms with Crippen molar-refractivity contribution < 1.29 is 9.18 Å². The molecular formula is C20H34FN3O. The van der Waals surface area contributed by atoms with Gasteiger partial charge in [0.1, 0.15) is 6.17 Å². The zero-order valence-electron chi connectivity index (χ0n) is 15.6. The Morgan fingerprint density at radius 2 is 1.92 bits per heavy atom. The fraction of sp³-hybridized carbons (Fsp3) is 0.950. The summed E-state index contributed by atoms with van der Waals surface area (Å²) in [5.41, 5.74) is 0. The van der Waals surface area contributed by atoms with Gasteiger partial charge in [-0.1, -0.05) is 13.8 Å². The Morgan fingerprint density at radius 3 is 2.64 bits per heavy atom. The van der Waals surface area contributed by atoms with E-state index in [9.17, 15) is 9.18 Å². The zero-order chi connectivity index (χ0) is 17.6. The van der Waals surface area contributed by atoms with Crippen LogP contribution in [0.15, 0.2) is 0 Å². The van der Waals surface area contributed by atoms with Crippen LogP contribution in [0.1, 0.15) is 58.8 Å². The van der Waals surface area contributed by atoms with Crippen LogP contribution in [0.5, 0.6) is 0 Å². The second-order valence-corrected chi connectivity index (χ2v) is 9.26. The van der Waals surface area contributed by atoms with E-state index in [1.807, 2.05) is 0 Å². The number of carbonyl (C=O) groups excluding carboxylic acids is 1. The summed E-state index contributed by atoms with van der Waals surface area (Å²) < 4.78 is 13.9. The van der Waals surface area contributed by atoms with Gasteiger partial charge in [-0.15, -0.1) is 0 Å². The molecule has 0 radical (unpaired) electrons. The molecule has 8 unspecified atom stereocenters. The van der Waals surface area contributed by atoms with E-state index in [1.54, 1.807) is 0 Å². The zero-order valence-corrected chi connectivity index (χ0v) is 15.6. The number of piperidine rings is 1. The quantitative estimate of drug-likeness (QED) is 0.729. The highest BCUT2D eigenvalue weighted by molar-refractivity contribution is 5.82. The monoisotopic (exact) mass is 351 g/mol. The molecule has 0 aromatic rings. The second kappa shape index (κ2) is 7.15. The van der Waals surface area contributed by atoms with Crippen LogP contribution in [0.2, 0.25) is 0 Å². The summed E-state index contributed by atoms with van der Waals surface area (Å²) >= 11 is 0. The van der Waals surface area contributed by atoms with E-state index in [0.29, 0.717) is 48.6 Å². The first-order chi connectivity index (χ1) is 12.0. The van der Waals surface area contributed by atoms with Crippen molar-refractivity contribution in [3.05, 3.63) is 0 Å². The van der Waals surface area contributed by atoms with Gasteiger partial charge in [-0.05, 0) is 75.2 Å². The van der Waals surface area contributed by atoms with Gasteiger partial charge in [0.2, 0.25) is 5.91 Å². The minimum absolute atomic E-state index is 0.136. The number of nitrogens with one attached hydrogen (secondary N) is 3. The summed E-state index contributed by atoms with van der Waals surface area (Å²) in [6.45, 7) is 5.50. The van der Waals surface area contributed by atoms with Crippen LogP contribution in [-0.4, -0.2) is 42.8 Å². The first-order valence-electron chi connectivity index (χ1n) is 10.5. The lowest BCUT2D eigenvalue weighted by molar-refractivity contribution is -0.124. The fourth-order valence-corrected chi connectivity index (χ4v) is 5.69. The van der Waals surface area contributed by atoms with Gasteiger partial charge >= 0.3 is 0 Å². The van der Waals surface area contributed by atoms with Gasteiger partial charge in [0, 0.05) is 18.1 Å². The van der Waals surface area contributed by atoms with Crippen molar-refractivity contribution in [2.45, 2.75) is 89.1 Å². The Kier molecular flexibility index (Phi) is 5.07. The highest BCUT2D eigenvalue weighted by atomic mass is 19.1. The maximum absolute atomic E-state index is 13.9. The molecule has 5 heteroatoms. The third-order valence-corrected chi connectivity index (χ3v) is 7.21. The molecule has 2 saturated carbocycles. The fourth-order valence-electron chi connectivity index (χ4n) is 5.69. The molecule has 4 nitrogen and oxygen atoms in total. The van der Waals surface area contributed by atoms with E-state index in [0.717, 1.165) is 13.0 Å². The first-order valence-corrected chi connectivity index (χ1v) is 10.5. The predicted molar refractivity (Wildman–Crippen MR) is 97.0 cm³/mol. The topological polar surface area (TPSA) is 53.2 Å². The Morgan fingerprint density at radius 1 is 1.12 bits per heavy atom. The lowest BCUT2D eigenvalue weighted by Crippen LogP contribution is -2.58. The smallest absolute Gasteiger partial charge is 0.237 e. The SMILES string of the molecule is CC1CC(F)CC2CC(C(=O)NC(C3CC3)C3NCCCC3C)NC12. The lowest BCUT2D eigenvalue weighted by Gasteiger charge is -2.37. The van der Waals surface area contributed by atoms with Gasteiger partial charge in [-0.25, -0.2) is 4.39 Å². The van der Waals surface area contributed by atoms with Gasteiger partial charge in [0.15, 0.2) is 0 Å². The molecule has 0 aromatic heterocycles. The van der Waals surface area contributed by atoms with Crippen molar-refractivity contribution in [2.24, 2.45) is 23.7 Å². The summed E-state index contributed by atoms with van der Waals surface area (Å²) in [6.07, 6.45) is 6.32. The molecule has 2 aliphatic carbocycles. The largest absolute Gasteiger partial charge is 0.350 e. The Balaban J connectivity index is 1.39. The van der Waals surface area contributed by atoms with E-state index in [2.05, 4.69) is 29.8 Å². The van der Waals surface area contributed by atoms with Crippen molar-refractivity contribution in [1.29, 1.82) is 0 Å². The maximum Gasteiger partial charge on any atom is 0.237 e. The molecule has 2 heterocycles. The molecule has 142 valence electrons. The summed E-state index contributed by atoms with van der Waals surface area (Å²) in [5, 5.41) is 10.6. The van der Waals surface area contributed by atoms with Crippen molar-refractivity contribution in [3.8, 4) is 0 Å². The molecular weight excluding hydrogens is 317 g/mol. The lowest BCUT2D eigenvalue weighted by atomic mass is 9.77. The molecule has 0 spiro atoms. The van der Waals surface area contributed by atoms with Gasteiger partial charge in [-0.3, -0.25) is 4.79 Å². The van der Waals surface area contributed by atoms with E-state index in [1.165, 1.54) is 25.7 Å². The normalized spacial score (nSPS) is 45.6. The van der Waals surface area contributed by atoms with Crippen LogP contribution in [0.25, 0.3) is 0 Å². The van der Waals surface area contributed by atoms with E-state index >= 15 is 0 Å². The molecule has 3 N–H and O–H groups in total. The number of hydrogen-bond acceptors (Lipinski definition) is 3. The average Bonchev–Trinajstić information content (AvgIpc) is 3.32. The molecule has 2 saturated heterocycles. The molecule has 1 amide bonds. The van der Waals surface area contributed by atoms with Crippen LogP contribution < -0.4 is 16.0 Å². The molecule has 2 aliphatic heterocycles. The number of alkyl halides is 1. The van der Waals surface area contributed by atoms with Gasteiger partial charge < -0.3 is 16.0 Å². The molecule has 4 rings (SSSR count). The number of halogens is 1. The molecule has 8 atom stereocenters. The summed E-state index contributed by atoms with van der Waals surface area (Å²) in [4.78, 5) is 13.0. The third-order valence-electron chi connectivity index (χ3n) is 7.21. The maximum atomic E-state index is 13.9. The summed E-state index contributed by atoms with van der Waals surface area (Å²) in [6, 6.07) is 0.846. The first kappa shape index (κ1) is 17.7. The van der Waals surface area contributed by atoms with Crippen molar-refractivity contribution in [2.75, 3.05) is 6.54 Å². The molecule has 0 bridgehead atoms. The Hall–Kier alpha value is -0.680. The number of rotatable bonds is 4. The number of fused-ring (bicyclic) bond motifs is 1. The summed E-state index contributed by atoms with van der Waals surface area (Å²) in [7, 11) is 0. The average molecular weight is 352 g/mol. The minimum atomic E-state index is -0.689. The Labute approximate surface area is 151 Å². The molecule has 4 aliphatic rings. The third kappa shape index (κ3) is 3.73. The second-order valence-electron chi connectivity index (χ2n) is 9.26. The standard InChI is InChI=1S/C20H34FN3O/c1-11-4-3-7-22-18(11)19(13-5-6-13)24-20(25)16-10-14-9-15(21)8-12(2)17(14)23-16/h11-19,22-23H,3-10H2,1-2H3,(H,24,25). The van der Waals surface area contributed by atoms with Crippen LogP contribution >= 0.6 is 0 Å². The van der Waals surface area contributed by atoms with Gasteiger partial charge in [0.25, 0.3) is 0 Å². The van der Waals surface area contributed by atoms with Crippen LogP contribution in [0.4, 0.5) is 4.39 Å². The van der Waals surface area contributed by atoms with Gasteiger partial charge in [0.05, 0.1) is 6.04 Å².